The molecule has 2 heteroatoms. The fraction of sp³-hybridized carbons (Fsp3) is 1.00. The van der Waals surface area contributed by atoms with Crippen molar-refractivity contribution < 1.29 is 5.11 Å². The molecule has 0 saturated carbocycles. The van der Waals surface area contributed by atoms with E-state index in [9.17, 15) is 5.11 Å². The second-order valence-corrected chi connectivity index (χ2v) is 5.11. The van der Waals surface area contributed by atoms with E-state index >= 15 is 0 Å². The molecule has 0 bridgehead atoms. The van der Waals surface area contributed by atoms with Crippen LogP contribution in [0, 0.1) is 0 Å². The molecule has 0 aromatic rings. The first-order valence-corrected chi connectivity index (χ1v) is 6.02. The summed E-state index contributed by atoms with van der Waals surface area (Å²) in [6, 6.07) is 0. The van der Waals surface area contributed by atoms with Gasteiger partial charge in [0, 0.05) is 0 Å². The molecule has 0 fully saturated rings. The van der Waals surface area contributed by atoms with Crippen LogP contribution in [0.15, 0.2) is 0 Å². The van der Waals surface area contributed by atoms with E-state index in [1.165, 1.54) is 25.0 Å². The van der Waals surface area contributed by atoms with Crippen LogP contribution >= 0.6 is 11.8 Å². The first kappa shape index (κ1) is 12.3. The van der Waals surface area contributed by atoms with E-state index in [-0.39, 0.29) is 0 Å². The van der Waals surface area contributed by atoms with E-state index in [4.69, 9.17) is 0 Å². The monoisotopic (exact) mass is 190 g/mol. The highest BCUT2D eigenvalue weighted by atomic mass is 32.2. The Bertz CT molecular complexity index is 96.5. The van der Waals surface area contributed by atoms with E-state index in [0.717, 1.165) is 12.2 Å². The molecule has 1 N–H and O–H groups in total. The maximum absolute atomic E-state index is 9.41. The van der Waals surface area contributed by atoms with Crippen LogP contribution in [0.3, 0.4) is 0 Å². The summed E-state index contributed by atoms with van der Waals surface area (Å²) in [5.41, 5.74) is -0.474. The van der Waals surface area contributed by atoms with Crippen molar-refractivity contribution in [3.8, 4) is 0 Å². The Morgan fingerprint density at radius 2 is 1.83 bits per heavy atom. The van der Waals surface area contributed by atoms with Gasteiger partial charge >= 0.3 is 0 Å². The van der Waals surface area contributed by atoms with Gasteiger partial charge < -0.3 is 5.11 Å². The zero-order valence-electron chi connectivity index (χ0n) is 8.60. The first-order valence-electron chi connectivity index (χ1n) is 4.86. The number of hydrogen-bond donors (Lipinski definition) is 1. The molecule has 0 heterocycles. The van der Waals surface area contributed by atoms with Crippen LogP contribution < -0.4 is 0 Å². The van der Waals surface area contributed by atoms with E-state index in [0.29, 0.717) is 0 Å². The van der Waals surface area contributed by atoms with Crippen molar-refractivity contribution in [3.63, 3.8) is 0 Å². The number of hydrogen-bond acceptors (Lipinski definition) is 2. The largest absolute Gasteiger partial charge is 0.390 e. The van der Waals surface area contributed by atoms with Gasteiger partial charge in [0.1, 0.15) is 0 Å². The van der Waals surface area contributed by atoms with Crippen molar-refractivity contribution in [1.82, 2.24) is 0 Å². The van der Waals surface area contributed by atoms with Crippen LogP contribution in [0.5, 0.6) is 0 Å². The third kappa shape index (κ3) is 10.3. The van der Waals surface area contributed by atoms with Crippen molar-refractivity contribution in [1.29, 1.82) is 0 Å². The Hall–Kier alpha value is 0.310. The molecule has 0 aliphatic heterocycles. The molecule has 0 aromatic carbocycles. The van der Waals surface area contributed by atoms with Crippen molar-refractivity contribution in [2.75, 3.05) is 11.5 Å². The van der Waals surface area contributed by atoms with E-state index in [1.54, 1.807) is 0 Å². The highest BCUT2D eigenvalue weighted by Gasteiger charge is 2.10. The highest BCUT2D eigenvalue weighted by molar-refractivity contribution is 7.99. The Morgan fingerprint density at radius 3 is 2.33 bits per heavy atom. The highest BCUT2D eigenvalue weighted by Crippen LogP contribution is 2.14. The molecule has 0 radical (unpaired) electrons. The molecular formula is C10H22OS. The average molecular weight is 190 g/mol. The van der Waals surface area contributed by atoms with Crippen LogP contribution in [0.25, 0.3) is 0 Å². The van der Waals surface area contributed by atoms with Gasteiger partial charge in [0.05, 0.1) is 5.60 Å². The fourth-order valence-corrected chi connectivity index (χ4v) is 2.13. The minimum atomic E-state index is -0.474. The number of rotatable bonds is 7. The van der Waals surface area contributed by atoms with Gasteiger partial charge in [0.25, 0.3) is 0 Å². The molecule has 12 heavy (non-hydrogen) atoms. The molecule has 0 unspecified atom stereocenters. The SMILES string of the molecule is CCCCCSCCC(C)(C)O. The smallest absolute Gasteiger partial charge is 0.0599 e. The summed E-state index contributed by atoms with van der Waals surface area (Å²) >= 11 is 1.96. The van der Waals surface area contributed by atoms with Gasteiger partial charge in [0.15, 0.2) is 0 Å². The van der Waals surface area contributed by atoms with Gasteiger partial charge in [-0.25, -0.2) is 0 Å². The van der Waals surface area contributed by atoms with Crippen LogP contribution in [0.4, 0.5) is 0 Å². The fourth-order valence-electron chi connectivity index (χ4n) is 0.878. The molecule has 74 valence electrons. The van der Waals surface area contributed by atoms with Crippen molar-refractivity contribution in [2.24, 2.45) is 0 Å². The van der Waals surface area contributed by atoms with Crippen molar-refractivity contribution >= 4 is 11.8 Å². The lowest BCUT2D eigenvalue weighted by Gasteiger charge is -2.15. The standard InChI is InChI=1S/C10H22OS/c1-4-5-6-8-12-9-7-10(2,3)11/h11H,4-9H2,1-3H3. The molecule has 0 aromatic heterocycles. The topological polar surface area (TPSA) is 20.2 Å². The maximum atomic E-state index is 9.41. The minimum absolute atomic E-state index is 0.474. The Kier molecular flexibility index (Phi) is 6.96. The zero-order chi connectivity index (χ0) is 9.45. The summed E-state index contributed by atoms with van der Waals surface area (Å²) < 4.78 is 0. The lowest BCUT2D eigenvalue weighted by Crippen LogP contribution is -2.19. The first-order chi connectivity index (χ1) is 5.56. The van der Waals surface area contributed by atoms with Gasteiger partial charge in [0.2, 0.25) is 0 Å². The molecule has 0 aliphatic rings. The lowest BCUT2D eigenvalue weighted by atomic mass is 10.1. The summed E-state index contributed by atoms with van der Waals surface area (Å²) in [6.45, 7) is 5.97. The summed E-state index contributed by atoms with van der Waals surface area (Å²) in [7, 11) is 0. The predicted molar refractivity (Wildman–Crippen MR) is 57.8 cm³/mol. The molecule has 0 spiro atoms. The van der Waals surface area contributed by atoms with E-state index in [1.807, 2.05) is 25.6 Å². The van der Waals surface area contributed by atoms with Gasteiger partial charge in [-0.1, -0.05) is 19.8 Å². The molecule has 0 saturated heterocycles. The van der Waals surface area contributed by atoms with Crippen LogP contribution in [-0.4, -0.2) is 22.2 Å². The van der Waals surface area contributed by atoms with Crippen LogP contribution in [0.1, 0.15) is 46.5 Å². The van der Waals surface area contributed by atoms with E-state index < -0.39 is 5.60 Å². The summed E-state index contributed by atoms with van der Waals surface area (Å²) in [5.74, 6) is 2.34. The maximum Gasteiger partial charge on any atom is 0.0599 e. The van der Waals surface area contributed by atoms with Crippen molar-refractivity contribution in [2.45, 2.75) is 52.1 Å². The predicted octanol–water partition coefficient (Wildman–Crippen LogP) is 3.07. The third-order valence-electron chi connectivity index (χ3n) is 1.75. The summed E-state index contributed by atoms with van der Waals surface area (Å²) in [6.07, 6.45) is 4.87. The molecule has 0 atom stereocenters. The van der Waals surface area contributed by atoms with Crippen molar-refractivity contribution in [3.05, 3.63) is 0 Å². The van der Waals surface area contributed by atoms with Crippen LogP contribution in [-0.2, 0) is 0 Å². The molecule has 0 amide bonds. The quantitative estimate of drug-likeness (QED) is 0.623. The van der Waals surface area contributed by atoms with E-state index in [2.05, 4.69) is 6.92 Å². The zero-order valence-corrected chi connectivity index (χ0v) is 9.41. The average Bonchev–Trinajstić information content (AvgIpc) is 1.94. The molecule has 0 rings (SSSR count). The summed E-state index contributed by atoms with van der Waals surface area (Å²) in [5, 5.41) is 9.41. The van der Waals surface area contributed by atoms with Gasteiger partial charge in [-0.05, 0) is 38.2 Å². The van der Waals surface area contributed by atoms with Crippen LogP contribution in [0.2, 0.25) is 0 Å². The Labute approximate surface area is 80.9 Å². The van der Waals surface area contributed by atoms with Gasteiger partial charge in [-0.15, -0.1) is 0 Å². The molecule has 1 nitrogen and oxygen atoms in total. The number of aliphatic hydroxyl groups is 1. The number of unbranched alkanes of at least 4 members (excludes halogenated alkanes) is 2. The second kappa shape index (κ2) is 6.79. The molecule has 0 aliphatic carbocycles. The second-order valence-electron chi connectivity index (χ2n) is 3.88. The third-order valence-corrected chi connectivity index (χ3v) is 2.82. The minimum Gasteiger partial charge on any atom is -0.390 e. The number of thioether (sulfide) groups is 1. The molecular weight excluding hydrogens is 168 g/mol. The summed E-state index contributed by atoms with van der Waals surface area (Å²) in [4.78, 5) is 0. The Morgan fingerprint density at radius 1 is 1.17 bits per heavy atom. The lowest BCUT2D eigenvalue weighted by molar-refractivity contribution is 0.0778. The van der Waals surface area contributed by atoms with Gasteiger partial charge in [-0.3, -0.25) is 0 Å². The Balaban J connectivity index is 3.01. The van der Waals surface area contributed by atoms with Gasteiger partial charge in [-0.2, -0.15) is 11.8 Å². The normalized spacial score (nSPS) is 12.0.